The van der Waals surface area contributed by atoms with Crippen LogP contribution >= 0.6 is 0 Å². The van der Waals surface area contributed by atoms with E-state index in [1.807, 2.05) is 42.5 Å². The summed E-state index contributed by atoms with van der Waals surface area (Å²) in [6.07, 6.45) is 0.850. The lowest BCUT2D eigenvalue weighted by Gasteiger charge is -2.05. The van der Waals surface area contributed by atoms with E-state index < -0.39 is 0 Å². The molecule has 0 heterocycles. The molecule has 3 aromatic carbocycles. The van der Waals surface area contributed by atoms with Gasteiger partial charge in [0.1, 0.15) is 0 Å². The molecule has 0 aliphatic rings. The molecule has 3 aromatic rings. The van der Waals surface area contributed by atoms with Gasteiger partial charge in [-0.2, -0.15) is 0 Å². The average molecular weight is 207 g/mol. The molecule has 0 spiro atoms. The van der Waals surface area contributed by atoms with Crippen molar-refractivity contribution in [3.8, 4) is 0 Å². The Hall–Kier alpha value is -2.15. The maximum atomic E-state index is 11.3. The van der Waals surface area contributed by atoms with E-state index in [9.17, 15) is 4.79 Å². The van der Waals surface area contributed by atoms with Crippen LogP contribution in [0.1, 0.15) is 11.7 Å². The fraction of sp³-hybridized carbons (Fsp3) is 0. The number of rotatable bonds is 1. The van der Waals surface area contributed by atoms with Gasteiger partial charge in [0.25, 0.3) is 0 Å². The molecular weight excluding hydrogens is 196 g/mol. The van der Waals surface area contributed by atoms with Gasteiger partial charge >= 0.3 is 0 Å². The number of carbonyl (C=O) groups is 1. The van der Waals surface area contributed by atoms with Gasteiger partial charge in [-0.15, -0.1) is 0 Å². The Morgan fingerprint density at radius 3 is 2.44 bits per heavy atom. The highest BCUT2D eigenvalue weighted by molar-refractivity contribution is 6.12. The lowest BCUT2D eigenvalue weighted by atomic mass is 9.98. The molecule has 16 heavy (non-hydrogen) atoms. The first kappa shape index (κ1) is 8.05. The van der Waals surface area contributed by atoms with Gasteiger partial charge in [-0.1, -0.05) is 48.5 Å². The summed E-state index contributed by atoms with van der Waals surface area (Å²) in [6, 6.07) is 15.7. The van der Waals surface area contributed by atoms with Gasteiger partial charge in [0, 0.05) is 5.56 Å². The SMILES string of the molecule is [2H]c1cccc2cc3ccccc3c(C=O)c12. The molecule has 0 radical (unpaired) electrons. The summed E-state index contributed by atoms with van der Waals surface area (Å²) in [5.74, 6) is 0. The smallest absolute Gasteiger partial charge is 0.151 e. The third kappa shape index (κ3) is 1.22. The molecule has 76 valence electrons. The van der Waals surface area contributed by atoms with Crippen molar-refractivity contribution in [2.45, 2.75) is 0 Å². The lowest BCUT2D eigenvalue weighted by Crippen LogP contribution is -1.86. The van der Waals surface area contributed by atoms with Crippen LogP contribution in [-0.2, 0) is 0 Å². The second-order valence-corrected chi connectivity index (χ2v) is 3.76. The molecule has 0 bridgehead atoms. The van der Waals surface area contributed by atoms with Gasteiger partial charge in [0.05, 0.1) is 1.37 Å². The van der Waals surface area contributed by atoms with Crippen LogP contribution in [0.4, 0.5) is 0 Å². The molecule has 1 heteroatoms. The van der Waals surface area contributed by atoms with Crippen molar-refractivity contribution in [1.29, 1.82) is 0 Å². The normalized spacial score (nSPS) is 11.6. The van der Waals surface area contributed by atoms with Crippen LogP contribution in [0.15, 0.2) is 54.6 Å². The first-order chi connectivity index (χ1) is 8.31. The molecule has 0 aliphatic heterocycles. The summed E-state index contributed by atoms with van der Waals surface area (Å²) in [7, 11) is 0. The Morgan fingerprint density at radius 2 is 1.62 bits per heavy atom. The van der Waals surface area contributed by atoms with E-state index in [1.165, 1.54) is 0 Å². The highest BCUT2D eigenvalue weighted by atomic mass is 16.1. The number of carbonyl (C=O) groups excluding carboxylic acids is 1. The van der Waals surface area contributed by atoms with Gasteiger partial charge in [-0.05, 0) is 27.6 Å². The van der Waals surface area contributed by atoms with E-state index in [0.29, 0.717) is 11.6 Å². The maximum Gasteiger partial charge on any atom is 0.151 e. The van der Waals surface area contributed by atoms with Gasteiger partial charge in [-0.3, -0.25) is 4.79 Å². The largest absolute Gasteiger partial charge is 0.298 e. The second-order valence-electron chi connectivity index (χ2n) is 3.76. The summed E-state index contributed by atoms with van der Waals surface area (Å²) < 4.78 is 7.92. The van der Waals surface area contributed by atoms with Crippen LogP contribution in [0.3, 0.4) is 0 Å². The summed E-state index contributed by atoms with van der Waals surface area (Å²) in [6.45, 7) is 0. The highest BCUT2D eigenvalue weighted by Crippen LogP contribution is 2.26. The Bertz CT molecular complexity index is 731. The molecule has 0 aliphatic carbocycles. The Morgan fingerprint density at radius 1 is 0.938 bits per heavy atom. The summed E-state index contributed by atoms with van der Waals surface area (Å²) >= 11 is 0. The third-order valence-electron chi connectivity index (χ3n) is 2.84. The van der Waals surface area contributed by atoms with Crippen LogP contribution in [0, 0.1) is 0 Å². The van der Waals surface area contributed by atoms with E-state index in [1.54, 1.807) is 6.07 Å². The first-order valence-corrected chi connectivity index (χ1v) is 5.17. The molecule has 0 aromatic heterocycles. The van der Waals surface area contributed by atoms with Crippen molar-refractivity contribution >= 4 is 27.8 Å². The maximum absolute atomic E-state index is 11.3. The van der Waals surface area contributed by atoms with E-state index in [4.69, 9.17) is 1.37 Å². The topological polar surface area (TPSA) is 17.1 Å². The van der Waals surface area contributed by atoms with Crippen LogP contribution in [0.2, 0.25) is 0 Å². The average Bonchev–Trinajstić information content (AvgIpc) is 2.36. The van der Waals surface area contributed by atoms with E-state index in [0.717, 1.165) is 27.8 Å². The van der Waals surface area contributed by atoms with Crippen molar-refractivity contribution in [3.63, 3.8) is 0 Å². The van der Waals surface area contributed by atoms with Crippen LogP contribution < -0.4 is 0 Å². The standard InChI is InChI=1S/C15H10O/c16-10-15-13-7-3-1-5-11(13)9-12-6-2-4-8-14(12)15/h1-10H/i7D. The minimum atomic E-state index is 0.398. The van der Waals surface area contributed by atoms with Gasteiger partial charge in [0.15, 0.2) is 6.29 Å². The van der Waals surface area contributed by atoms with E-state index in [2.05, 4.69) is 0 Å². The zero-order valence-corrected chi connectivity index (χ0v) is 8.60. The molecule has 0 N–H and O–H groups in total. The van der Waals surface area contributed by atoms with Gasteiger partial charge in [0.2, 0.25) is 0 Å². The molecule has 0 fully saturated rings. The molecule has 0 atom stereocenters. The first-order valence-electron chi connectivity index (χ1n) is 5.67. The number of aldehydes is 1. The van der Waals surface area contributed by atoms with Crippen LogP contribution in [-0.4, -0.2) is 6.29 Å². The van der Waals surface area contributed by atoms with Crippen LogP contribution in [0.25, 0.3) is 21.5 Å². The fourth-order valence-electron chi connectivity index (χ4n) is 2.10. The van der Waals surface area contributed by atoms with Crippen molar-refractivity contribution in [2.75, 3.05) is 0 Å². The van der Waals surface area contributed by atoms with Gasteiger partial charge in [-0.25, -0.2) is 0 Å². The predicted molar refractivity (Wildman–Crippen MR) is 66.8 cm³/mol. The molecule has 0 saturated heterocycles. The fourth-order valence-corrected chi connectivity index (χ4v) is 2.10. The number of hydrogen-bond donors (Lipinski definition) is 0. The Balaban J connectivity index is 2.64. The minimum absolute atomic E-state index is 0.398. The second kappa shape index (κ2) is 3.46. The number of hydrogen-bond acceptors (Lipinski definition) is 1. The molecule has 3 rings (SSSR count). The summed E-state index contributed by atoms with van der Waals surface area (Å²) in [5.41, 5.74) is 0.615. The third-order valence-corrected chi connectivity index (χ3v) is 2.84. The molecule has 0 unspecified atom stereocenters. The summed E-state index contributed by atoms with van der Waals surface area (Å²) in [4.78, 5) is 11.3. The number of fused-ring (bicyclic) bond motifs is 2. The lowest BCUT2D eigenvalue weighted by molar-refractivity contribution is 0.112. The molecule has 0 amide bonds. The molecular formula is C15H10O. The monoisotopic (exact) mass is 207 g/mol. The van der Waals surface area contributed by atoms with Crippen molar-refractivity contribution in [3.05, 3.63) is 60.1 Å². The quantitative estimate of drug-likeness (QED) is 0.438. The predicted octanol–water partition coefficient (Wildman–Crippen LogP) is 3.81. The minimum Gasteiger partial charge on any atom is -0.298 e. The zero-order chi connectivity index (χ0) is 11.8. The van der Waals surface area contributed by atoms with E-state index in [-0.39, 0.29) is 0 Å². The summed E-state index contributed by atoms with van der Waals surface area (Å²) in [5, 5.41) is 3.63. The van der Waals surface area contributed by atoms with Crippen molar-refractivity contribution in [2.24, 2.45) is 0 Å². The number of benzene rings is 3. The van der Waals surface area contributed by atoms with Gasteiger partial charge < -0.3 is 0 Å². The zero-order valence-electron chi connectivity index (χ0n) is 9.60. The molecule has 1 nitrogen and oxygen atoms in total. The van der Waals surface area contributed by atoms with Crippen molar-refractivity contribution < 1.29 is 6.17 Å². The Kier molecular flexibility index (Phi) is 1.74. The van der Waals surface area contributed by atoms with E-state index >= 15 is 0 Å². The van der Waals surface area contributed by atoms with Crippen LogP contribution in [0.5, 0.6) is 0 Å². The Labute approximate surface area is 94.7 Å². The molecule has 0 saturated carbocycles. The highest BCUT2D eigenvalue weighted by Gasteiger charge is 2.05. The van der Waals surface area contributed by atoms with Crippen molar-refractivity contribution in [1.82, 2.24) is 0 Å².